The third kappa shape index (κ3) is 1.54. The van der Waals surface area contributed by atoms with E-state index in [0.29, 0.717) is 13.1 Å². The first-order chi connectivity index (χ1) is 5.58. The predicted molar refractivity (Wildman–Crippen MR) is 50.3 cm³/mol. The summed E-state index contributed by atoms with van der Waals surface area (Å²) in [7, 11) is -2.94. The Labute approximate surface area is 83.6 Å². The molecule has 0 aliphatic carbocycles. The molecule has 2 heterocycles. The van der Waals surface area contributed by atoms with Gasteiger partial charge in [-0.05, 0) is 0 Å². The van der Waals surface area contributed by atoms with Gasteiger partial charge >= 0.3 is 0 Å². The average molecular weight is 223 g/mol. The molecule has 2 fully saturated rings. The molecule has 0 spiro atoms. The van der Waals surface area contributed by atoms with Crippen molar-refractivity contribution in [1.82, 2.24) is 5.32 Å². The van der Waals surface area contributed by atoms with Crippen LogP contribution in [0.5, 0.6) is 0 Å². The highest BCUT2D eigenvalue weighted by molar-refractivity contribution is 7.91. The standard InChI is InChI=1S/C7H10N2O2S.ClH/c8-3-7-4-9-1-6(7)2-12(10,11)5-7;/h6,9H,1-2,4-5H2;1H/t6-,7-;/m0./s1. The van der Waals surface area contributed by atoms with Gasteiger partial charge in [-0.25, -0.2) is 8.42 Å². The molecule has 6 heteroatoms. The first-order valence-electron chi connectivity index (χ1n) is 3.90. The summed E-state index contributed by atoms with van der Waals surface area (Å²) in [5.74, 6) is 0.259. The van der Waals surface area contributed by atoms with Crippen LogP contribution < -0.4 is 5.32 Å². The van der Waals surface area contributed by atoms with E-state index in [9.17, 15) is 8.42 Å². The number of hydrogen-bond acceptors (Lipinski definition) is 4. The molecule has 2 rings (SSSR count). The normalized spacial score (nSPS) is 40.4. The monoisotopic (exact) mass is 222 g/mol. The van der Waals surface area contributed by atoms with Crippen LogP contribution in [0.4, 0.5) is 0 Å². The molecule has 0 aromatic rings. The van der Waals surface area contributed by atoms with Crippen molar-refractivity contribution >= 4 is 22.2 Å². The van der Waals surface area contributed by atoms with Crippen LogP contribution in [-0.2, 0) is 9.84 Å². The zero-order chi connectivity index (χ0) is 8.82. The van der Waals surface area contributed by atoms with Gasteiger partial charge in [0.2, 0.25) is 0 Å². The Kier molecular flexibility index (Phi) is 2.59. The van der Waals surface area contributed by atoms with Gasteiger partial charge in [0.05, 0.1) is 23.0 Å². The molecular formula is C7H11ClN2O2S. The number of nitriles is 1. The van der Waals surface area contributed by atoms with Gasteiger partial charge in [-0.3, -0.25) is 0 Å². The van der Waals surface area contributed by atoms with Crippen LogP contribution in [0.15, 0.2) is 0 Å². The molecule has 2 aliphatic rings. The van der Waals surface area contributed by atoms with E-state index < -0.39 is 15.3 Å². The Balaban J connectivity index is 0.000000845. The first kappa shape index (κ1) is 10.8. The zero-order valence-corrected chi connectivity index (χ0v) is 8.62. The maximum absolute atomic E-state index is 11.2. The lowest BCUT2D eigenvalue weighted by Gasteiger charge is -2.15. The molecule has 0 unspecified atom stereocenters. The molecule has 1 N–H and O–H groups in total. The second-order valence-corrected chi connectivity index (χ2v) is 5.76. The molecule has 0 aromatic heterocycles. The average Bonchev–Trinajstić information content (AvgIpc) is 2.40. The summed E-state index contributed by atoms with van der Waals surface area (Å²) in [4.78, 5) is 0. The minimum absolute atomic E-state index is 0. The molecule has 0 aromatic carbocycles. The number of fused-ring (bicyclic) bond motifs is 1. The molecule has 13 heavy (non-hydrogen) atoms. The third-order valence-electron chi connectivity index (χ3n) is 2.77. The fourth-order valence-corrected chi connectivity index (χ4v) is 4.47. The topological polar surface area (TPSA) is 70.0 Å². The van der Waals surface area contributed by atoms with Gasteiger partial charge in [0.15, 0.2) is 9.84 Å². The first-order valence-corrected chi connectivity index (χ1v) is 5.73. The number of hydrogen-bond donors (Lipinski definition) is 1. The van der Waals surface area contributed by atoms with Crippen LogP contribution in [-0.4, -0.2) is 33.0 Å². The number of nitrogens with zero attached hydrogens (tertiary/aromatic N) is 1. The summed E-state index contributed by atoms with van der Waals surface area (Å²) < 4.78 is 22.5. The lowest BCUT2D eigenvalue weighted by Crippen LogP contribution is -2.27. The highest BCUT2D eigenvalue weighted by Gasteiger charge is 2.53. The minimum Gasteiger partial charge on any atom is -0.315 e. The van der Waals surface area contributed by atoms with Crippen molar-refractivity contribution in [2.45, 2.75) is 0 Å². The van der Waals surface area contributed by atoms with Gasteiger partial charge in [0.1, 0.15) is 0 Å². The van der Waals surface area contributed by atoms with E-state index in [-0.39, 0.29) is 29.8 Å². The Bertz CT molecular complexity index is 348. The lowest BCUT2D eigenvalue weighted by molar-refractivity contribution is 0.410. The molecular weight excluding hydrogens is 212 g/mol. The summed E-state index contributed by atoms with van der Waals surface area (Å²) in [5.41, 5.74) is -0.612. The molecule has 0 bridgehead atoms. The highest BCUT2D eigenvalue weighted by Crippen LogP contribution is 2.39. The lowest BCUT2D eigenvalue weighted by atomic mass is 9.83. The zero-order valence-electron chi connectivity index (χ0n) is 6.99. The van der Waals surface area contributed by atoms with Gasteiger partial charge in [-0.15, -0.1) is 12.4 Å². The van der Waals surface area contributed by atoms with Crippen LogP contribution in [0.1, 0.15) is 0 Å². The minimum atomic E-state index is -2.94. The van der Waals surface area contributed by atoms with Crippen molar-refractivity contribution in [3.63, 3.8) is 0 Å². The summed E-state index contributed by atoms with van der Waals surface area (Å²) in [5, 5.41) is 12.0. The fraction of sp³-hybridized carbons (Fsp3) is 0.857. The van der Waals surface area contributed by atoms with E-state index in [1.54, 1.807) is 0 Å². The molecule has 4 nitrogen and oxygen atoms in total. The number of sulfone groups is 1. The SMILES string of the molecule is Cl.N#C[C@@]12CNC[C@H]1CS(=O)(=O)C2. The molecule has 74 valence electrons. The van der Waals surface area contributed by atoms with Gasteiger partial charge in [-0.1, -0.05) is 0 Å². The van der Waals surface area contributed by atoms with Crippen molar-refractivity contribution < 1.29 is 8.42 Å². The summed E-state index contributed by atoms with van der Waals surface area (Å²) in [6, 6.07) is 2.15. The Morgan fingerprint density at radius 3 is 2.77 bits per heavy atom. The van der Waals surface area contributed by atoms with Crippen LogP contribution >= 0.6 is 12.4 Å². The summed E-state index contributed by atoms with van der Waals surface area (Å²) in [6.45, 7) is 1.21. The predicted octanol–water partition coefficient (Wildman–Crippen LogP) is -0.434. The second-order valence-electron chi connectivity index (χ2n) is 3.65. The van der Waals surface area contributed by atoms with Gasteiger partial charge < -0.3 is 5.32 Å². The summed E-state index contributed by atoms with van der Waals surface area (Å²) >= 11 is 0. The largest absolute Gasteiger partial charge is 0.315 e. The molecule has 2 saturated heterocycles. The highest BCUT2D eigenvalue weighted by atomic mass is 35.5. The van der Waals surface area contributed by atoms with E-state index in [1.807, 2.05) is 0 Å². The number of halogens is 1. The van der Waals surface area contributed by atoms with Gasteiger partial charge in [-0.2, -0.15) is 5.26 Å². The smallest absolute Gasteiger partial charge is 0.152 e. The summed E-state index contributed by atoms with van der Waals surface area (Å²) in [6.07, 6.45) is 0. The maximum atomic E-state index is 11.2. The van der Waals surface area contributed by atoms with Crippen LogP contribution in [0.2, 0.25) is 0 Å². The number of nitrogens with one attached hydrogen (secondary N) is 1. The van der Waals surface area contributed by atoms with Gasteiger partial charge in [0, 0.05) is 19.0 Å². The van der Waals surface area contributed by atoms with E-state index >= 15 is 0 Å². The second kappa shape index (κ2) is 3.12. The van der Waals surface area contributed by atoms with E-state index in [1.165, 1.54) is 0 Å². The third-order valence-corrected chi connectivity index (χ3v) is 4.63. The maximum Gasteiger partial charge on any atom is 0.152 e. The molecule has 0 amide bonds. The quantitative estimate of drug-likeness (QED) is 0.604. The fourth-order valence-electron chi connectivity index (χ4n) is 2.12. The Morgan fingerprint density at radius 1 is 1.54 bits per heavy atom. The van der Waals surface area contributed by atoms with Crippen LogP contribution in [0, 0.1) is 22.7 Å². The van der Waals surface area contributed by atoms with E-state index in [0.717, 1.165) is 0 Å². The van der Waals surface area contributed by atoms with Gasteiger partial charge in [0.25, 0.3) is 0 Å². The Hall–Kier alpha value is -0.310. The van der Waals surface area contributed by atoms with Crippen molar-refractivity contribution in [2.75, 3.05) is 24.6 Å². The number of rotatable bonds is 0. The van der Waals surface area contributed by atoms with Crippen molar-refractivity contribution in [1.29, 1.82) is 5.26 Å². The van der Waals surface area contributed by atoms with Crippen molar-refractivity contribution in [2.24, 2.45) is 11.3 Å². The molecule has 0 saturated carbocycles. The molecule has 2 aliphatic heterocycles. The molecule has 2 atom stereocenters. The van der Waals surface area contributed by atoms with Crippen LogP contribution in [0.25, 0.3) is 0 Å². The van der Waals surface area contributed by atoms with E-state index in [4.69, 9.17) is 5.26 Å². The van der Waals surface area contributed by atoms with Crippen molar-refractivity contribution in [3.8, 4) is 6.07 Å². The van der Waals surface area contributed by atoms with E-state index in [2.05, 4.69) is 11.4 Å². The van der Waals surface area contributed by atoms with Crippen LogP contribution in [0.3, 0.4) is 0 Å². The Morgan fingerprint density at radius 2 is 2.23 bits per heavy atom. The molecule has 0 radical (unpaired) electrons. The van der Waals surface area contributed by atoms with Crippen molar-refractivity contribution in [3.05, 3.63) is 0 Å².